The second kappa shape index (κ2) is 3.84. The molecule has 0 saturated heterocycles. The molecule has 0 saturated carbocycles. The molecule has 0 fully saturated rings. The molecule has 1 rings (SSSR count). The first kappa shape index (κ1) is 10.8. The van der Waals surface area contributed by atoms with Gasteiger partial charge in [-0.25, -0.2) is 0 Å². The van der Waals surface area contributed by atoms with Crippen LogP contribution in [0, 0.1) is 0 Å². The van der Waals surface area contributed by atoms with E-state index in [1.54, 1.807) is 0 Å². The average molecular weight is 274 g/mol. The van der Waals surface area contributed by atoms with Crippen molar-refractivity contribution in [2.24, 2.45) is 0 Å². The summed E-state index contributed by atoms with van der Waals surface area (Å²) in [7, 11) is 0. The van der Waals surface area contributed by atoms with Crippen LogP contribution in [0.3, 0.4) is 0 Å². The Balaban J connectivity index is 3.29. The Hall–Kier alpha value is -0.290. The van der Waals surface area contributed by atoms with E-state index in [4.69, 9.17) is 11.6 Å². The van der Waals surface area contributed by atoms with E-state index < -0.39 is 11.7 Å². The molecule has 0 unspecified atom stereocenters. The average Bonchev–Trinajstić information content (AvgIpc) is 2.02. The van der Waals surface area contributed by atoms with Crippen LogP contribution in [0.1, 0.15) is 11.1 Å². The van der Waals surface area contributed by atoms with Gasteiger partial charge in [-0.3, -0.25) is 4.98 Å². The van der Waals surface area contributed by atoms with Crippen LogP contribution >= 0.6 is 27.5 Å². The first-order chi connectivity index (χ1) is 5.96. The Bertz CT molecular complexity index is 313. The molecule has 0 N–H and O–H groups in total. The van der Waals surface area contributed by atoms with E-state index in [0.29, 0.717) is 0 Å². The maximum absolute atomic E-state index is 12.3. The molecule has 0 aromatic carbocycles. The van der Waals surface area contributed by atoms with Crippen molar-refractivity contribution in [1.29, 1.82) is 0 Å². The summed E-state index contributed by atoms with van der Waals surface area (Å²) >= 11 is 8.34. The summed E-state index contributed by atoms with van der Waals surface area (Å²) in [6.07, 6.45) is -2.35. The Morgan fingerprint density at radius 2 is 2.00 bits per heavy atom. The zero-order valence-electron chi connectivity index (χ0n) is 6.20. The SMILES string of the molecule is FC(F)(F)c1cncc(Br)c1CCl. The number of nitrogens with zero attached hydrogens (tertiary/aromatic N) is 1. The summed E-state index contributed by atoms with van der Waals surface area (Å²) < 4.78 is 37.2. The predicted molar refractivity (Wildman–Crippen MR) is 46.5 cm³/mol. The number of hydrogen-bond donors (Lipinski definition) is 0. The van der Waals surface area contributed by atoms with Crippen LogP contribution in [0.5, 0.6) is 0 Å². The molecule has 0 aliphatic heterocycles. The maximum Gasteiger partial charge on any atom is 0.418 e. The van der Waals surface area contributed by atoms with Gasteiger partial charge in [0.05, 0.1) is 5.56 Å². The van der Waals surface area contributed by atoms with Crippen LogP contribution in [0.4, 0.5) is 13.2 Å². The minimum absolute atomic E-state index is 0.0177. The summed E-state index contributed by atoms with van der Waals surface area (Å²) in [5.41, 5.74) is -0.777. The van der Waals surface area contributed by atoms with Gasteiger partial charge in [-0.15, -0.1) is 11.6 Å². The van der Waals surface area contributed by atoms with Gasteiger partial charge in [-0.1, -0.05) is 0 Å². The lowest BCUT2D eigenvalue weighted by molar-refractivity contribution is -0.138. The van der Waals surface area contributed by atoms with Crippen molar-refractivity contribution in [3.05, 3.63) is 28.0 Å². The van der Waals surface area contributed by atoms with Crippen molar-refractivity contribution in [2.75, 3.05) is 0 Å². The van der Waals surface area contributed by atoms with Gasteiger partial charge in [0, 0.05) is 22.7 Å². The zero-order chi connectivity index (χ0) is 10.1. The van der Waals surface area contributed by atoms with Crippen molar-refractivity contribution < 1.29 is 13.2 Å². The minimum atomic E-state index is -4.40. The molecule has 0 aliphatic rings. The number of aromatic nitrogens is 1. The molecule has 13 heavy (non-hydrogen) atoms. The fourth-order valence-electron chi connectivity index (χ4n) is 0.842. The molecular weight excluding hydrogens is 270 g/mol. The van der Waals surface area contributed by atoms with Gasteiger partial charge in [0.15, 0.2) is 0 Å². The van der Waals surface area contributed by atoms with Crippen molar-refractivity contribution in [1.82, 2.24) is 4.98 Å². The molecule has 1 aromatic heterocycles. The van der Waals surface area contributed by atoms with Gasteiger partial charge in [0.2, 0.25) is 0 Å². The predicted octanol–water partition coefficient (Wildman–Crippen LogP) is 3.60. The molecule has 72 valence electrons. The third-order valence-electron chi connectivity index (χ3n) is 1.44. The Morgan fingerprint density at radius 1 is 1.38 bits per heavy atom. The Morgan fingerprint density at radius 3 is 2.38 bits per heavy atom. The fourth-order valence-corrected chi connectivity index (χ4v) is 1.76. The van der Waals surface area contributed by atoms with Crippen molar-refractivity contribution >= 4 is 27.5 Å². The maximum atomic E-state index is 12.3. The third-order valence-corrected chi connectivity index (χ3v) is 2.39. The molecule has 6 heteroatoms. The van der Waals surface area contributed by atoms with Gasteiger partial charge in [0.1, 0.15) is 0 Å². The molecule has 0 spiro atoms. The Labute approximate surface area is 86.0 Å². The quantitative estimate of drug-likeness (QED) is 0.713. The standard InChI is InChI=1S/C7H4BrClF3N/c8-6-3-13-2-5(4(6)1-9)7(10,11)12/h2-3H,1H2. The highest BCUT2D eigenvalue weighted by Gasteiger charge is 2.34. The monoisotopic (exact) mass is 273 g/mol. The van der Waals surface area contributed by atoms with E-state index >= 15 is 0 Å². The largest absolute Gasteiger partial charge is 0.418 e. The van der Waals surface area contributed by atoms with E-state index in [-0.39, 0.29) is 15.9 Å². The molecule has 1 nitrogen and oxygen atoms in total. The van der Waals surface area contributed by atoms with E-state index in [1.807, 2.05) is 0 Å². The first-order valence-electron chi connectivity index (χ1n) is 3.22. The molecule has 0 aliphatic carbocycles. The molecular formula is C7H4BrClF3N. The number of halogens is 5. The summed E-state index contributed by atoms with van der Waals surface area (Å²) in [4.78, 5) is 3.43. The lowest BCUT2D eigenvalue weighted by Gasteiger charge is -2.11. The van der Waals surface area contributed by atoms with Gasteiger partial charge in [-0.2, -0.15) is 13.2 Å². The second-order valence-electron chi connectivity index (χ2n) is 2.28. The van der Waals surface area contributed by atoms with Crippen LogP contribution in [0.25, 0.3) is 0 Å². The van der Waals surface area contributed by atoms with Crippen molar-refractivity contribution in [2.45, 2.75) is 12.1 Å². The van der Waals surface area contributed by atoms with E-state index in [1.165, 1.54) is 6.20 Å². The highest BCUT2D eigenvalue weighted by molar-refractivity contribution is 9.10. The van der Waals surface area contributed by atoms with E-state index in [2.05, 4.69) is 20.9 Å². The second-order valence-corrected chi connectivity index (χ2v) is 3.40. The van der Waals surface area contributed by atoms with Crippen molar-refractivity contribution in [3.63, 3.8) is 0 Å². The number of hydrogen-bond acceptors (Lipinski definition) is 1. The van der Waals surface area contributed by atoms with Crippen LogP contribution in [0.15, 0.2) is 16.9 Å². The smallest absolute Gasteiger partial charge is 0.263 e. The minimum Gasteiger partial charge on any atom is -0.263 e. The van der Waals surface area contributed by atoms with Crippen LogP contribution in [-0.2, 0) is 12.1 Å². The third kappa shape index (κ3) is 2.34. The van der Waals surface area contributed by atoms with Gasteiger partial charge >= 0.3 is 6.18 Å². The lowest BCUT2D eigenvalue weighted by atomic mass is 10.1. The van der Waals surface area contributed by atoms with Gasteiger partial charge < -0.3 is 0 Å². The highest BCUT2D eigenvalue weighted by Crippen LogP contribution is 2.34. The first-order valence-corrected chi connectivity index (χ1v) is 4.55. The molecule has 1 aromatic rings. The van der Waals surface area contributed by atoms with Crippen LogP contribution < -0.4 is 0 Å². The molecule has 1 heterocycles. The zero-order valence-corrected chi connectivity index (χ0v) is 8.54. The molecule has 0 amide bonds. The fraction of sp³-hybridized carbons (Fsp3) is 0.286. The van der Waals surface area contributed by atoms with Gasteiger partial charge in [0.25, 0.3) is 0 Å². The Kier molecular flexibility index (Phi) is 3.18. The molecule has 0 atom stereocenters. The molecule has 0 radical (unpaired) electrons. The summed E-state index contributed by atoms with van der Waals surface area (Å²) in [6.45, 7) is 0. The van der Waals surface area contributed by atoms with E-state index in [0.717, 1.165) is 6.20 Å². The van der Waals surface area contributed by atoms with Gasteiger partial charge in [-0.05, 0) is 21.5 Å². The van der Waals surface area contributed by atoms with E-state index in [9.17, 15) is 13.2 Å². The summed E-state index contributed by atoms with van der Waals surface area (Å²) in [5, 5.41) is 0. The van der Waals surface area contributed by atoms with Crippen LogP contribution in [-0.4, -0.2) is 4.98 Å². The number of pyridine rings is 1. The van der Waals surface area contributed by atoms with Crippen molar-refractivity contribution in [3.8, 4) is 0 Å². The summed E-state index contributed by atoms with van der Waals surface area (Å²) in [6, 6.07) is 0. The molecule has 0 bridgehead atoms. The summed E-state index contributed by atoms with van der Waals surface area (Å²) in [5.74, 6) is -0.196. The normalized spacial score (nSPS) is 11.8. The van der Waals surface area contributed by atoms with Crippen LogP contribution in [0.2, 0.25) is 0 Å². The lowest BCUT2D eigenvalue weighted by Crippen LogP contribution is -2.09. The highest BCUT2D eigenvalue weighted by atomic mass is 79.9. The number of rotatable bonds is 1. The topological polar surface area (TPSA) is 12.9 Å². The number of alkyl halides is 4.